The average molecular weight is 417 g/mol. The Morgan fingerprint density at radius 3 is 2.52 bits per heavy atom. The van der Waals surface area contributed by atoms with Gasteiger partial charge in [-0.15, -0.1) is 11.8 Å². The molecule has 140 valence electrons. The van der Waals surface area contributed by atoms with Crippen LogP contribution >= 0.6 is 11.8 Å². The van der Waals surface area contributed by atoms with Crippen LogP contribution in [0.3, 0.4) is 0 Å². The molecule has 1 aromatic rings. The van der Waals surface area contributed by atoms with E-state index in [9.17, 15) is 19.5 Å². The van der Waals surface area contributed by atoms with Gasteiger partial charge in [0, 0.05) is 4.75 Å². The molecular weight excluding hydrogens is 395 g/mol. The maximum Gasteiger partial charge on any atom is 1.00 e. The van der Waals surface area contributed by atoms with Crippen molar-refractivity contribution < 1.29 is 75.6 Å². The number of hydrogen-bond acceptors (Lipinski definition) is 6. The molecule has 0 radical (unpaired) electrons. The molecule has 2 saturated heterocycles. The van der Waals surface area contributed by atoms with E-state index in [-0.39, 0.29) is 57.3 Å². The van der Waals surface area contributed by atoms with Crippen LogP contribution in [0, 0.1) is 0 Å². The number of amides is 2. The molecule has 2 fully saturated rings. The predicted octanol–water partition coefficient (Wildman–Crippen LogP) is -2.85. The molecule has 2 aliphatic rings. The molecule has 9 heteroatoms. The number of benzene rings is 1. The fourth-order valence-corrected chi connectivity index (χ4v) is 4.98. The Bertz CT molecular complexity index is 730. The van der Waals surface area contributed by atoms with E-state index in [1.165, 1.54) is 16.7 Å². The van der Waals surface area contributed by atoms with Crippen molar-refractivity contribution in [3.63, 3.8) is 0 Å². The monoisotopic (exact) mass is 416 g/mol. The molecule has 0 unspecified atom stereocenters. The molecule has 0 saturated carbocycles. The van der Waals surface area contributed by atoms with Crippen molar-refractivity contribution in [2.45, 2.75) is 55.5 Å². The van der Waals surface area contributed by atoms with E-state index in [1.807, 2.05) is 25.1 Å². The number of nitrogens with one attached hydrogen (secondary N) is 1. The van der Waals surface area contributed by atoms with Gasteiger partial charge < -0.3 is 24.9 Å². The van der Waals surface area contributed by atoms with Crippen LogP contribution in [0.5, 0.6) is 5.75 Å². The van der Waals surface area contributed by atoms with Crippen molar-refractivity contribution in [3.05, 3.63) is 30.3 Å². The number of nitrogens with zero attached hydrogens (tertiary/aromatic N) is 1. The fraction of sp³-hybridized carbons (Fsp3) is 0.500. The third-order valence-electron chi connectivity index (χ3n) is 4.65. The first-order chi connectivity index (χ1) is 12.3. The molecule has 0 aromatic heterocycles. The van der Waals surface area contributed by atoms with Crippen molar-refractivity contribution in [3.8, 4) is 5.75 Å². The summed E-state index contributed by atoms with van der Waals surface area (Å²) in [5.41, 5.74) is 0. The van der Waals surface area contributed by atoms with Crippen LogP contribution in [-0.2, 0) is 14.4 Å². The van der Waals surface area contributed by atoms with E-state index in [4.69, 9.17) is 4.74 Å². The van der Waals surface area contributed by atoms with E-state index in [1.54, 1.807) is 26.0 Å². The molecule has 0 aliphatic carbocycles. The average Bonchev–Trinajstić information content (AvgIpc) is 2.86. The van der Waals surface area contributed by atoms with Crippen molar-refractivity contribution >= 4 is 29.5 Å². The number of hydrogen-bond donors (Lipinski definition) is 1. The van der Waals surface area contributed by atoms with Gasteiger partial charge in [0.05, 0.1) is 12.0 Å². The molecule has 0 bridgehead atoms. The van der Waals surface area contributed by atoms with Crippen LogP contribution in [0.4, 0.5) is 0 Å². The largest absolute Gasteiger partial charge is 1.00 e. The summed E-state index contributed by atoms with van der Waals surface area (Å²) in [6.07, 6.45) is -0.285. The number of carboxylic acids is 1. The van der Waals surface area contributed by atoms with Gasteiger partial charge in [-0.2, -0.15) is 0 Å². The number of carboxylic acid groups (broad SMARTS) is 1. The second kappa shape index (κ2) is 8.83. The normalized spacial score (nSPS) is 26.3. The number of carbonyl (C=O) groups excluding carboxylic acids is 3. The smallest absolute Gasteiger partial charge is 0.548 e. The second-order valence-corrected chi connectivity index (χ2v) is 8.66. The summed E-state index contributed by atoms with van der Waals surface area (Å²) in [7, 11) is 0. The first-order valence-electron chi connectivity index (χ1n) is 8.49. The summed E-state index contributed by atoms with van der Waals surface area (Å²) in [6.45, 7) is 5.34. The molecule has 2 heterocycles. The Morgan fingerprint density at radius 1 is 1.33 bits per heavy atom. The summed E-state index contributed by atoms with van der Waals surface area (Å²) in [4.78, 5) is 37.7. The molecule has 2 aliphatic heterocycles. The number of aliphatic carboxylic acids is 1. The Morgan fingerprint density at radius 2 is 1.96 bits per heavy atom. The van der Waals surface area contributed by atoms with Gasteiger partial charge in [0.1, 0.15) is 17.2 Å². The van der Waals surface area contributed by atoms with Crippen LogP contribution in [0.25, 0.3) is 0 Å². The van der Waals surface area contributed by atoms with E-state index >= 15 is 0 Å². The number of fused-ring (bicyclic) bond motifs is 1. The van der Waals surface area contributed by atoms with E-state index in [0.717, 1.165) is 0 Å². The third kappa shape index (κ3) is 4.38. The number of thioether (sulfide) groups is 1. The van der Waals surface area contributed by atoms with Gasteiger partial charge in [0.25, 0.3) is 5.91 Å². The van der Waals surface area contributed by atoms with Gasteiger partial charge in [-0.1, -0.05) is 25.1 Å². The van der Waals surface area contributed by atoms with Crippen LogP contribution in [0.2, 0.25) is 0 Å². The van der Waals surface area contributed by atoms with Crippen LogP contribution in [0.15, 0.2) is 30.3 Å². The second-order valence-electron chi connectivity index (χ2n) is 6.89. The van der Waals surface area contributed by atoms with Crippen molar-refractivity contribution in [1.29, 1.82) is 0 Å². The Hall–Kier alpha value is -0.584. The molecule has 0 spiro atoms. The molecule has 3 rings (SSSR count). The number of ether oxygens (including phenoxy) is 1. The van der Waals surface area contributed by atoms with Gasteiger partial charge in [-0.3, -0.25) is 9.59 Å². The number of carbonyl (C=O) groups is 3. The molecule has 27 heavy (non-hydrogen) atoms. The first-order valence-corrected chi connectivity index (χ1v) is 9.37. The molecular formula is C18H21KN2O5S. The Labute approximate surface area is 205 Å². The Kier molecular flexibility index (Phi) is 7.43. The van der Waals surface area contributed by atoms with Gasteiger partial charge in [0.15, 0.2) is 6.10 Å². The maximum absolute atomic E-state index is 12.5. The number of β-lactam (4-membered cyclic amide) rings is 1. The van der Waals surface area contributed by atoms with Gasteiger partial charge in [-0.05, 0) is 32.4 Å². The summed E-state index contributed by atoms with van der Waals surface area (Å²) >= 11 is 1.36. The molecule has 2 amide bonds. The van der Waals surface area contributed by atoms with Crippen molar-refractivity contribution in [1.82, 2.24) is 10.2 Å². The minimum atomic E-state index is -1.28. The summed E-state index contributed by atoms with van der Waals surface area (Å²) in [5.74, 6) is -1.48. The van der Waals surface area contributed by atoms with E-state index < -0.39 is 40.2 Å². The summed E-state index contributed by atoms with van der Waals surface area (Å²) < 4.78 is 5.02. The minimum absolute atomic E-state index is 0. The topological polar surface area (TPSA) is 98.8 Å². The zero-order valence-electron chi connectivity index (χ0n) is 15.8. The fourth-order valence-electron chi connectivity index (χ4n) is 3.36. The number of para-hydroxylation sites is 1. The van der Waals surface area contributed by atoms with Crippen molar-refractivity contribution in [2.24, 2.45) is 0 Å². The zero-order chi connectivity index (χ0) is 19.1. The Balaban J connectivity index is 0.00000261. The van der Waals surface area contributed by atoms with Gasteiger partial charge in [-0.25, -0.2) is 0 Å². The number of rotatable bonds is 6. The van der Waals surface area contributed by atoms with E-state index in [2.05, 4.69) is 5.32 Å². The van der Waals surface area contributed by atoms with E-state index in [0.29, 0.717) is 12.2 Å². The standard InChI is InChI=1S/C18H22N2O5S.K/c1-4-11(25-10-8-6-5-7-9-10)14(21)19-12-15(22)20-13(17(23)24)18(2,3)26-16(12)20;/h5-9,11-13,16H,4H2,1-3H3,(H,19,21)(H,23,24);/q;+1/p-1/t11-,12+,13-,16+;/m0./s1. The minimum Gasteiger partial charge on any atom is -0.548 e. The first kappa shape index (κ1) is 22.7. The SMILES string of the molecule is CC[C@H](Oc1ccccc1)C(=O)N[C@@H]1C(=O)N2[C@@H]1SC(C)(C)[C@@H]2C(=O)[O-].[K+]. The van der Waals surface area contributed by atoms with Gasteiger partial charge >= 0.3 is 51.4 Å². The quantitative estimate of drug-likeness (QED) is 0.396. The maximum atomic E-state index is 12.5. The summed E-state index contributed by atoms with van der Waals surface area (Å²) in [6, 6.07) is 7.24. The summed E-state index contributed by atoms with van der Waals surface area (Å²) in [5, 5.41) is 13.7. The molecule has 7 nitrogen and oxygen atoms in total. The third-order valence-corrected chi connectivity index (χ3v) is 6.22. The molecule has 1 aromatic carbocycles. The van der Waals surface area contributed by atoms with Crippen LogP contribution < -0.4 is 66.5 Å². The van der Waals surface area contributed by atoms with Crippen LogP contribution in [-0.4, -0.2) is 51.0 Å². The molecule has 4 atom stereocenters. The van der Waals surface area contributed by atoms with Gasteiger partial charge in [0.2, 0.25) is 5.91 Å². The predicted molar refractivity (Wildman–Crippen MR) is 94.2 cm³/mol. The van der Waals surface area contributed by atoms with Crippen molar-refractivity contribution in [2.75, 3.05) is 0 Å². The van der Waals surface area contributed by atoms with Crippen LogP contribution in [0.1, 0.15) is 27.2 Å². The molecule has 1 N–H and O–H groups in total. The zero-order valence-corrected chi connectivity index (χ0v) is 19.7.